The molecule has 1 aromatic heterocycles. The number of carbonyl (C=O) groups is 1. The quantitative estimate of drug-likeness (QED) is 0.684. The second-order valence-electron chi connectivity index (χ2n) is 4.33. The number of para-hydroxylation sites is 2. The Balaban J connectivity index is 1.95. The number of aromatic nitrogens is 2. The molecule has 0 aliphatic rings. The number of rotatable bonds is 4. The van der Waals surface area contributed by atoms with E-state index in [9.17, 15) is 4.79 Å². The van der Waals surface area contributed by atoms with E-state index in [0.29, 0.717) is 22.8 Å². The van der Waals surface area contributed by atoms with Gasteiger partial charge in [-0.1, -0.05) is 30.3 Å². The van der Waals surface area contributed by atoms with Crippen molar-refractivity contribution in [2.45, 2.75) is 0 Å². The topological polar surface area (TPSA) is 52.1 Å². The summed E-state index contributed by atoms with van der Waals surface area (Å²) < 4.78 is 5.78. The van der Waals surface area contributed by atoms with Gasteiger partial charge in [0.25, 0.3) is 0 Å². The third-order valence-corrected chi connectivity index (χ3v) is 2.90. The number of hydrogen-bond acceptors (Lipinski definition) is 4. The zero-order valence-electron chi connectivity index (χ0n) is 11.1. The van der Waals surface area contributed by atoms with Gasteiger partial charge < -0.3 is 4.74 Å². The first kappa shape index (κ1) is 13.0. The van der Waals surface area contributed by atoms with Crippen molar-refractivity contribution in [1.29, 1.82) is 0 Å². The molecule has 4 nitrogen and oxygen atoms in total. The fraction of sp³-hybridized carbons (Fsp3) is 0. The lowest BCUT2D eigenvalue weighted by Crippen LogP contribution is -2.06. The van der Waals surface area contributed by atoms with Gasteiger partial charge in [0.05, 0.1) is 11.8 Å². The van der Waals surface area contributed by atoms with E-state index >= 15 is 0 Å². The first-order chi connectivity index (χ1) is 10.3. The Labute approximate surface area is 122 Å². The molecule has 0 radical (unpaired) electrons. The van der Waals surface area contributed by atoms with Crippen LogP contribution in [0.5, 0.6) is 11.5 Å². The van der Waals surface area contributed by atoms with E-state index in [2.05, 4.69) is 9.97 Å². The number of ether oxygens (including phenoxy) is 1. The maximum atomic E-state index is 12.5. The summed E-state index contributed by atoms with van der Waals surface area (Å²) in [5, 5.41) is 0. The summed E-state index contributed by atoms with van der Waals surface area (Å²) >= 11 is 0. The molecule has 0 spiro atoms. The highest BCUT2D eigenvalue weighted by atomic mass is 16.5. The van der Waals surface area contributed by atoms with Gasteiger partial charge >= 0.3 is 0 Å². The SMILES string of the molecule is O=C(c1cnccn1)c1ccccc1Oc1ccccc1. The number of hydrogen-bond donors (Lipinski definition) is 0. The first-order valence-electron chi connectivity index (χ1n) is 6.47. The summed E-state index contributed by atoms with van der Waals surface area (Å²) in [6, 6.07) is 16.4. The molecule has 3 rings (SSSR count). The molecular weight excluding hydrogens is 264 g/mol. The number of carbonyl (C=O) groups excluding carboxylic acids is 1. The van der Waals surface area contributed by atoms with Crippen molar-refractivity contribution in [2.24, 2.45) is 0 Å². The maximum Gasteiger partial charge on any atom is 0.216 e. The summed E-state index contributed by atoms with van der Waals surface area (Å²) in [5.41, 5.74) is 0.753. The van der Waals surface area contributed by atoms with Gasteiger partial charge in [-0.25, -0.2) is 4.98 Å². The molecule has 21 heavy (non-hydrogen) atoms. The summed E-state index contributed by atoms with van der Waals surface area (Å²) in [6.45, 7) is 0. The summed E-state index contributed by atoms with van der Waals surface area (Å²) in [6.07, 6.45) is 4.47. The van der Waals surface area contributed by atoms with E-state index in [1.807, 2.05) is 36.4 Å². The predicted octanol–water partition coefficient (Wildman–Crippen LogP) is 3.50. The minimum atomic E-state index is -0.213. The molecular formula is C17H12N2O2. The number of nitrogens with zero attached hydrogens (tertiary/aromatic N) is 2. The predicted molar refractivity (Wildman–Crippen MR) is 78.4 cm³/mol. The highest BCUT2D eigenvalue weighted by Gasteiger charge is 2.16. The van der Waals surface area contributed by atoms with Crippen LogP contribution in [-0.4, -0.2) is 15.8 Å². The van der Waals surface area contributed by atoms with Gasteiger partial charge in [-0.05, 0) is 24.3 Å². The van der Waals surface area contributed by atoms with Crippen LogP contribution in [0.4, 0.5) is 0 Å². The van der Waals surface area contributed by atoms with E-state index < -0.39 is 0 Å². The lowest BCUT2D eigenvalue weighted by molar-refractivity contribution is 0.103. The van der Waals surface area contributed by atoms with Crippen molar-refractivity contribution in [1.82, 2.24) is 9.97 Å². The molecule has 0 unspecified atom stereocenters. The van der Waals surface area contributed by atoms with Crippen molar-refractivity contribution in [3.05, 3.63) is 84.4 Å². The maximum absolute atomic E-state index is 12.5. The molecule has 0 aliphatic heterocycles. The molecule has 3 aromatic rings. The fourth-order valence-corrected chi connectivity index (χ4v) is 1.91. The van der Waals surface area contributed by atoms with Crippen molar-refractivity contribution < 1.29 is 9.53 Å². The van der Waals surface area contributed by atoms with Crippen molar-refractivity contribution in [3.8, 4) is 11.5 Å². The van der Waals surface area contributed by atoms with Crippen molar-refractivity contribution >= 4 is 5.78 Å². The van der Waals surface area contributed by atoms with Gasteiger partial charge in [0.2, 0.25) is 5.78 Å². The standard InChI is InChI=1S/C17H12N2O2/c20-17(15-12-18-10-11-19-15)14-8-4-5-9-16(14)21-13-6-2-1-3-7-13/h1-12H. The smallest absolute Gasteiger partial charge is 0.216 e. The Bertz CT molecular complexity index is 743. The normalized spacial score (nSPS) is 10.1. The van der Waals surface area contributed by atoms with Gasteiger partial charge in [-0.3, -0.25) is 9.78 Å². The minimum Gasteiger partial charge on any atom is -0.457 e. The molecule has 0 N–H and O–H groups in total. The van der Waals surface area contributed by atoms with Crippen molar-refractivity contribution in [2.75, 3.05) is 0 Å². The molecule has 4 heteroatoms. The van der Waals surface area contributed by atoms with Crippen LogP contribution in [0.1, 0.15) is 16.1 Å². The Morgan fingerprint density at radius 1 is 0.905 bits per heavy atom. The lowest BCUT2D eigenvalue weighted by atomic mass is 10.1. The van der Waals surface area contributed by atoms with E-state index in [4.69, 9.17) is 4.74 Å². The van der Waals surface area contributed by atoms with E-state index in [0.717, 1.165) is 0 Å². The molecule has 0 saturated heterocycles. The molecule has 0 bridgehead atoms. The summed E-state index contributed by atoms with van der Waals surface area (Å²) in [4.78, 5) is 20.4. The zero-order chi connectivity index (χ0) is 14.5. The zero-order valence-corrected chi connectivity index (χ0v) is 11.1. The molecule has 102 valence electrons. The number of ketones is 1. The Kier molecular flexibility index (Phi) is 3.69. The highest BCUT2D eigenvalue weighted by Crippen LogP contribution is 2.26. The lowest BCUT2D eigenvalue weighted by Gasteiger charge is -2.09. The molecule has 0 amide bonds. The average Bonchev–Trinajstić information content (AvgIpc) is 2.56. The molecule has 0 fully saturated rings. The van der Waals surface area contributed by atoms with Crippen LogP contribution in [-0.2, 0) is 0 Å². The highest BCUT2D eigenvalue weighted by molar-refractivity contribution is 6.09. The van der Waals surface area contributed by atoms with E-state index in [-0.39, 0.29) is 5.78 Å². The first-order valence-corrected chi connectivity index (χ1v) is 6.47. The van der Waals surface area contributed by atoms with Crippen molar-refractivity contribution in [3.63, 3.8) is 0 Å². The van der Waals surface area contributed by atoms with Gasteiger partial charge in [-0.2, -0.15) is 0 Å². The van der Waals surface area contributed by atoms with Crippen LogP contribution < -0.4 is 4.74 Å². The molecule has 0 aliphatic carbocycles. The van der Waals surface area contributed by atoms with Gasteiger partial charge in [0, 0.05) is 12.4 Å². The largest absolute Gasteiger partial charge is 0.457 e. The molecule has 2 aromatic carbocycles. The van der Waals surface area contributed by atoms with Crippen LogP contribution >= 0.6 is 0 Å². The summed E-state index contributed by atoms with van der Waals surface area (Å²) in [7, 11) is 0. The van der Waals surface area contributed by atoms with Gasteiger partial charge in [-0.15, -0.1) is 0 Å². The van der Waals surface area contributed by atoms with E-state index in [1.165, 1.54) is 18.6 Å². The number of benzene rings is 2. The third kappa shape index (κ3) is 2.95. The fourth-order valence-electron chi connectivity index (χ4n) is 1.91. The van der Waals surface area contributed by atoms with Crippen LogP contribution in [0.25, 0.3) is 0 Å². The second kappa shape index (κ2) is 5.96. The van der Waals surface area contributed by atoms with Crippen LogP contribution in [0.2, 0.25) is 0 Å². The van der Waals surface area contributed by atoms with Crippen LogP contribution in [0.15, 0.2) is 73.2 Å². The Morgan fingerprint density at radius 2 is 1.67 bits per heavy atom. The monoisotopic (exact) mass is 276 g/mol. The van der Waals surface area contributed by atoms with Gasteiger partial charge in [0.15, 0.2) is 0 Å². The van der Waals surface area contributed by atoms with Crippen LogP contribution in [0, 0.1) is 0 Å². The van der Waals surface area contributed by atoms with E-state index in [1.54, 1.807) is 18.2 Å². The molecule has 0 saturated carbocycles. The second-order valence-corrected chi connectivity index (χ2v) is 4.33. The Morgan fingerprint density at radius 3 is 2.43 bits per heavy atom. The Hall–Kier alpha value is -3.01. The molecule has 0 atom stereocenters. The van der Waals surface area contributed by atoms with Crippen LogP contribution in [0.3, 0.4) is 0 Å². The molecule has 1 heterocycles. The third-order valence-electron chi connectivity index (χ3n) is 2.90. The summed E-state index contributed by atoms with van der Waals surface area (Å²) in [5.74, 6) is 0.964. The average molecular weight is 276 g/mol. The van der Waals surface area contributed by atoms with Gasteiger partial charge in [0.1, 0.15) is 17.2 Å². The minimum absolute atomic E-state index is 0.213.